The van der Waals surface area contributed by atoms with Crippen molar-refractivity contribution in [3.05, 3.63) is 40.9 Å². The Bertz CT molecular complexity index is 839. The second kappa shape index (κ2) is 8.30. The van der Waals surface area contributed by atoms with Gasteiger partial charge in [-0.05, 0) is 31.2 Å². The molecule has 0 spiro atoms. The van der Waals surface area contributed by atoms with Crippen molar-refractivity contribution in [2.75, 3.05) is 36.4 Å². The van der Waals surface area contributed by atoms with E-state index in [1.165, 1.54) is 18.3 Å². The summed E-state index contributed by atoms with van der Waals surface area (Å²) in [6.07, 6.45) is 0.239. The first-order chi connectivity index (χ1) is 12.9. The number of Topliss-reactive ketones (excluding diaryl/α,β-unsaturated/α-hetero) is 1. The van der Waals surface area contributed by atoms with Crippen LogP contribution in [0.4, 0.5) is 10.8 Å². The second-order valence-electron chi connectivity index (χ2n) is 6.47. The third-order valence-corrected chi connectivity index (χ3v) is 5.24. The summed E-state index contributed by atoms with van der Waals surface area (Å²) in [6.45, 7) is 5.78. The molecular weight excluding hydrogens is 364 g/mol. The molecule has 2 heterocycles. The molecule has 0 radical (unpaired) electrons. The Morgan fingerprint density at radius 3 is 2.33 bits per heavy atom. The number of ketones is 1. The van der Waals surface area contributed by atoms with Crippen molar-refractivity contribution < 1.29 is 14.4 Å². The van der Waals surface area contributed by atoms with Gasteiger partial charge in [0.1, 0.15) is 0 Å². The normalized spacial score (nSPS) is 14.1. The third kappa shape index (κ3) is 4.91. The fourth-order valence-electron chi connectivity index (χ4n) is 2.98. The summed E-state index contributed by atoms with van der Waals surface area (Å²) in [5, 5.41) is 4.95. The minimum Gasteiger partial charge on any atom is -0.368 e. The van der Waals surface area contributed by atoms with E-state index in [2.05, 4.69) is 15.2 Å². The molecule has 0 aliphatic carbocycles. The zero-order valence-corrected chi connectivity index (χ0v) is 16.2. The first-order valence-corrected chi connectivity index (χ1v) is 9.66. The molecule has 2 aromatic rings. The molecule has 1 aliphatic rings. The quantitative estimate of drug-likeness (QED) is 0.797. The number of thiazole rings is 1. The number of piperazine rings is 1. The molecular formula is C19H22N4O3S. The maximum Gasteiger partial charge on any atom is 0.228 e. The van der Waals surface area contributed by atoms with Crippen molar-refractivity contribution in [3.63, 3.8) is 0 Å². The van der Waals surface area contributed by atoms with E-state index in [4.69, 9.17) is 0 Å². The number of benzene rings is 1. The van der Waals surface area contributed by atoms with Gasteiger partial charge in [0, 0.05) is 49.7 Å². The molecule has 0 atom stereocenters. The van der Waals surface area contributed by atoms with Crippen molar-refractivity contribution in [3.8, 4) is 0 Å². The lowest BCUT2D eigenvalue weighted by Gasteiger charge is -2.36. The lowest BCUT2D eigenvalue weighted by molar-refractivity contribution is -0.130. The van der Waals surface area contributed by atoms with Gasteiger partial charge >= 0.3 is 0 Å². The molecule has 8 heteroatoms. The van der Waals surface area contributed by atoms with Crippen LogP contribution in [0.2, 0.25) is 0 Å². The lowest BCUT2D eigenvalue weighted by atomic mass is 10.1. The molecule has 1 saturated heterocycles. The van der Waals surface area contributed by atoms with Gasteiger partial charge in [-0.15, -0.1) is 11.3 Å². The van der Waals surface area contributed by atoms with Gasteiger partial charge in [-0.1, -0.05) is 0 Å². The summed E-state index contributed by atoms with van der Waals surface area (Å²) in [6, 6.07) is 7.58. The molecule has 0 bridgehead atoms. The van der Waals surface area contributed by atoms with Gasteiger partial charge in [0.15, 0.2) is 10.9 Å². The molecule has 1 aromatic carbocycles. The van der Waals surface area contributed by atoms with Gasteiger partial charge in [0.2, 0.25) is 11.8 Å². The topological polar surface area (TPSA) is 82.6 Å². The van der Waals surface area contributed by atoms with Crippen LogP contribution in [0.15, 0.2) is 29.6 Å². The van der Waals surface area contributed by atoms with Crippen LogP contribution >= 0.6 is 11.3 Å². The average Bonchev–Trinajstić information content (AvgIpc) is 3.08. The standard InChI is InChI=1S/C19H22N4O3S/c1-13(24)15-3-5-17(6-4-15)22-7-9-23(10-8-22)18(26)11-16-12-27-19(21-16)20-14(2)25/h3-6,12H,7-11H2,1-2H3,(H,20,21,25). The minimum atomic E-state index is -0.172. The minimum absolute atomic E-state index is 0.0428. The number of carbonyl (C=O) groups excluding carboxylic acids is 3. The fraction of sp³-hybridized carbons (Fsp3) is 0.368. The largest absolute Gasteiger partial charge is 0.368 e. The van der Waals surface area contributed by atoms with Crippen LogP contribution in [-0.2, 0) is 16.0 Å². The van der Waals surface area contributed by atoms with Crippen molar-refractivity contribution in [1.29, 1.82) is 0 Å². The summed E-state index contributed by atoms with van der Waals surface area (Å²) < 4.78 is 0. The number of aromatic nitrogens is 1. The Balaban J connectivity index is 1.52. The molecule has 1 N–H and O–H groups in total. The first-order valence-electron chi connectivity index (χ1n) is 8.78. The number of rotatable bonds is 5. The van der Waals surface area contributed by atoms with Crippen LogP contribution in [0.5, 0.6) is 0 Å². The van der Waals surface area contributed by atoms with Crippen LogP contribution in [0.25, 0.3) is 0 Å². The molecule has 27 heavy (non-hydrogen) atoms. The highest BCUT2D eigenvalue weighted by molar-refractivity contribution is 7.13. The number of nitrogens with zero attached hydrogens (tertiary/aromatic N) is 3. The van der Waals surface area contributed by atoms with Gasteiger partial charge in [0.25, 0.3) is 0 Å². The molecule has 2 amide bonds. The van der Waals surface area contributed by atoms with Gasteiger partial charge in [0.05, 0.1) is 12.1 Å². The van der Waals surface area contributed by atoms with E-state index in [9.17, 15) is 14.4 Å². The van der Waals surface area contributed by atoms with E-state index in [1.54, 1.807) is 12.3 Å². The summed E-state index contributed by atoms with van der Waals surface area (Å²) in [4.78, 5) is 43.3. The maximum absolute atomic E-state index is 12.5. The highest BCUT2D eigenvalue weighted by Crippen LogP contribution is 2.19. The summed E-state index contributed by atoms with van der Waals surface area (Å²) in [5.41, 5.74) is 2.44. The molecule has 142 valence electrons. The lowest BCUT2D eigenvalue weighted by Crippen LogP contribution is -2.49. The second-order valence-corrected chi connectivity index (χ2v) is 7.33. The van der Waals surface area contributed by atoms with Crippen molar-refractivity contribution in [2.24, 2.45) is 0 Å². The summed E-state index contributed by atoms with van der Waals surface area (Å²) in [7, 11) is 0. The van der Waals surface area contributed by atoms with E-state index in [-0.39, 0.29) is 24.0 Å². The Labute approximate surface area is 162 Å². The van der Waals surface area contributed by atoms with Crippen LogP contribution in [0, 0.1) is 0 Å². The first kappa shape index (κ1) is 19.0. The Hall–Kier alpha value is -2.74. The molecule has 1 aromatic heterocycles. The van der Waals surface area contributed by atoms with E-state index in [0.717, 1.165) is 18.8 Å². The maximum atomic E-state index is 12.5. The molecule has 0 saturated carbocycles. The number of amides is 2. The van der Waals surface area contributed by atoms with E-state index in [1.807, 2.05) is 29.2 Å². The van der Waals surface area contributed by atoms with Gasteiger partial charge < -0.3 is 15.1 Å². The smallest absolute Gasteiger partial charge is 0.228 e. The van der Waals surface area contributed by atoms with Gasteiger partial charge in [-0.25, -0.2) is 4.98 Å². The third-order valence-electron chi connectivity index (χ3n) is 4.44. The number of nitrogens with one attached hydrogen (secondary N) is 1. The molecule has 0 unspecified atom stereocenters. The van der Waals surface area contributed by atoms with Crippen molar-refractivity contribution in [1.82, 2.24) is 9.88 Å². The molecule has 1 fully saturated rings. The van der Waals surface area contributed by atoms with E-state index < -0.39 is 0 Å². The van der Waals surface area contributed by atoms with Crippen LogP contribution in [0.1, 0.15) is 29.9 Å². The Morgan fingerprint density at radius 1 is 1.07 bits per heavy atom. The predicted octanol–water partition coefficient (Wildman–Crippen LogP) is 2.20. The van der Waals surface area contributed by atoms with Gasteiger partial charge in [-0.3, -0.25) is 14.4 Å². The molecule has 1 aliphatic heterocycles. The number of anilines is 2. The number of hydrogen-bond acceptors (Lipinski definition) is 6. The zero-order chi connectivity index (χ0) is 19.4. The molecule has 3 rings (SSSR count). The van der Waals surface area contributed by atoms with Crippen LogP contribution < -0.4 is 10.2 Å². The van der Waals surface area contributed by atoms with Gasteiger partial charge in [-0.2, -0.15) is 0 Å². The van der Waals surface area contributed by atoms with Crippen molar-refractivity contribution in [2.45, 2.75) is 20.3 Å². The fourth-order valence-corrected chi connectivity index (χ4v) is 3.74. The van der Waals surface area contributed by atoms with E-state index in [0.29, 0.717) is 29.5 Å². The predicted molar refractivity (Wildman–Crippen MR) is 105 cm³/mol. The zero-order valence-electron chi connectivity index (χ0n) is 15.4. The highest BCUT2D eigenvalue weighted by atomic mass is 32.1. The van der Waals surface area contributed by atoms with Crippen LogP contribution in [-0.4, -0.2) is 53.7 Å². The highest BCUT2D eigenvalue weighted by Gasteiger charge is 2.22. The SMILES string of the molecule is CC(=O)Nc1nc(CC(=O)N2CCN(c3ccc(C(C)=O)cc3)CC2)cs1. The summed E-state index contributed by atoms with van der Waals surface area (Å²) >= 11 is 1.32. The molecule has 7 nitrogen and oxygen atoms in total. The Kier molecular flexibility index (Phi) is 5.85. The van der Waals surface area contributed by atoms with E-state index >= 15 is 0 Å². The summed E-state index contributed by atoms with van der Waals surface area (Å²) in [5.74, 6) is -0.0726. The van der Waals surface area contributed by atoms with Crippen LogP contribution in [0.3, 0.4) is 0 Å². The number of hydrogen-bond donors (Lipinski definition) is 1. The average molecular weight is 386 g/mol. The Morgan fingerprint density at radius 2 is 1.74 bits per heavy atom. The number of carbonyl (C=O) groups is 3. The monoisotopic (exact) mass is 386 g/mol. The van der Waals surface area contributed by atoms with Crippen molar-refractivity contribution >= 4 is 39.8 Å².